The first-order valence-electron chi connectivity index (χ1n) is 48.2. The summed E-state index contributed by atoms with van der Waals surface area (Å²) >= 11 is 0. The second-order valence-corrected chi connectivity index (χ2v) is 46.7. The molecule has 3 N–H and O–H groups in total. The van der Waals surface area contributed by atoms with Crippen LogP contribution in [0.4, 0.5) is 17.6 Å². The molecule has 12 saturated carbocycles. The monoisotopic (exact) mass is 1640 g/mol. The van der Waals surface area contributed by atoms with E-state index in [1.807, 2.05) is 20.8 Å². The number of aliphatic hydroxyl groups is 3. The lowest BCUT2D eigenvalue weighted by Crippen LogP contribution is -2.52. The number of ketones is 1. The van der Waals surface area contributed by atoms with Gasteiger partial charge in [-0.2, -0.15) is 0 Å². The Labute approximate surface area is 705 Å². The zero-order valence-electron chi connectivity index (χ0n) is 76.7. The topological polar surface area (TPSA) is 157 Å². The molecule has 117 heavy (non-hydrogen) atoms. The van der Waals surface area contributed by atoms with Crippen molar-refractivity contribution in [2.45, 2.75) is 385 Å². The Morgan fingerprint density at radius 1 is 0.410 bits per heavy atom. The van der Waals surface area contributed by atoms with Gasteiger partial charge in [-0.15, -0.1) is 0 Å². The minimum atomic E-state index is -0.740. The maximum absolute atomic E-state index is 15.5. The molecule has 0 amide bonds. The predicted molar refractivity (Wildman–Crippen MR) is 458 cm³/mol. The molecule has 0 aliphatic heterocycles. The highest BCUT2D eigenvalue weighted by Crippen LogP contribution is 2.74. The molecular formula is C103H162F4O10. The van der Waals surface area contributed by atoms with Crippen LogP contribution in [0.1, 0.15) is 368 Å². The number of esters is 3. The van der Waals surface area contributed by atoms with Crippen LogP contribution in [-0.2, 0) is 33.4 Å². The largest absolute Gasteiger partial charge is 0.469 e. The number of hydrogen-bond donors (Lipinski definition) is 3. The van der Waals surface area contributed by atoms with Crippen molar-refractivity contribution in [3.8, 4) is 0 Å². The molecule has 0 saturated heterocycles. The van der Waals surface area contributed by atoms with Gasteiger partial charge in [-0.05, 0) is 403 Å². The number of hydrogen-bond acceptors (Lipinski definition) is 10. The van der Waals surface area contributed by atoms with Gasteiger partial charge >= 0.3 is 17.9 Å². The second kappa shape index (κ2) is 34.5. The van der Waals surface area contributed by atoms with Crippen LogP contribution < -0.4 is 0 Å². The Kier molecular flexibility index (Phi) is 27.0. The highest BCUT2D eigenvalue weighted by Gasteiger charge is 2.66. The van der Waals surface area contributed by atoms with Crippen molar-refractivity contribution in [2.24, 2.45) is 168 Å². The number of methoxy groups -OCH3 is 3. The van der Waals surface area contributed by atoms with Crippen molar-refractivity contribution in [3.05, 3.63) is 45.6 Å². The summed E-state index contributed by atoms with van der Waals surface area (Å²) in [6.07, 6.45) is 37.5. The van der Waals surface area contributed by atoms with Crippen LogP contribution in [0.5, 0.6) is 0 Å². The molecule has 14 heteroatoms. The minimum absolute atomic E-state index is 0.0354. The average Bonchev–Trinajstić information content (AvgIpc) is 1.70. The van der Waals surface area contributed by atoms with Crippen LogP contribution in [0.3, 0.4) is 0 Å². The lowest BCUT2D eigenvalue weighted by atomic mass is 9.46. The van der Waals surface area contributed by atoms with Gasteiger partial charge in [0.05, 0.1) is 44.5 Å². The van der Waals surface area contributed by atoms with Gasteiger partial charge < -0.3 is 29.5 Å². The molecule has 16 rings (SSSR count). The molecule has 10 nitrogen and oxygen atoms in total. The van der Waals surface area contributed by atoms with Gasteiger partial charge in [-0.1, -0.05) is 90.0 Å². The minimum Gasteiger partial charge on any atom is -0.469 e. The van der Waals surface area contributed by atoms with E-state index < -0.39 is 11.2 Å². The first kappa shape index (κ1) is 91.3. The van der Waals surface area contributed by atoms with E-state index in [4.69, 9.17) is 14.2 Å². The molecule has 0 aromatic rings. The molecule has 16 aliphatic rings. The summed E-state index contributed by atoms with van der Waals surface area (Å²) in [6, 6.07) is 0. The second-order valence-electron chi connectivity index (χ2n) is 46.7. The van der Waals surface area contributed by atoms with Crippen molar-refractivity contribution < 1.29 is 66.3 Å². The summed E-state index contributed by atoms with van der Waals surface area (Å²) in [5, 5.41) is 31.0. The van der Waals surface area contributed by atoms with Crippen LogP contribution in [0.2, 0.25) is 0 Å². The maximum Gasteiger partial charge on any atom is 0.305 e. The fraction of sp³-hybridized carbons (Fsp3) is 0.883. The van der Waals surface area contributed by atoms with E-state index in [1.54, 1.807) is 0 Å². The molecule has 0 aromatic carbocycles. The van der Waals surface area contributed by atoms with Crippen molar-refractivity contribution in [1.82, 2.24) is 0 Å². The van der Waals surface area contributed by atoms with Gasteiger partial charge in [-0.3, -0.25) is 19.2 Å². The number of rotatable bonds is 16. The molecule has 0 bridgehead atoms. The molecular weight excluding hydrogens is 1470 g/mol. The molecule has 0 aromatic heterocycles. The zero-order chi connectivity index (χ0) is 85.0. The first-order chi connectivity index (χ1) is 54.9. The van der Waals surface area contributed by atoms with E-state index in [1.165, 1.54) is 136 Å². The number of carbonyl (C=O) groups is 4. The van der Waals surface area contributed by atoms with Gasteiger partial charge in [0.2, 0.25) is 0 Å². The SMILES string of the molecule is COC(=O)CC[C@@H](C)[C@H]1CC[C@H]2[C@@H]3CC(F)=C4CC(=O)CC[C@]4(C)[C@H]3CC[C@]12C.COC(=O)CC[C@@H](C)[C@H]1CC[C@H]2[C@@H]3CC(F)=C4C[C@H](C)CC[C@]4(C)[C@H]3CC[C@]12C.COC(=O)CC[C@@H](C)[C@H]1CC[C@H]2[C@@H]3CC(F)=C4C[C@H](O)CC[C@]4(C)[C@H]3CC[C@]12C.C[C@H](CCC(C)(C)O)[C@H]1CC[C@H]2[C@@H]3CC(F)=C4C[C@@](C)(O)CC[C@]4(C)[C@H]3CC[C@]12C. The smallest absolute Gasteiger partial charge is 0.305 e. The molecule has 0 radical (unpaired) electrons. The molecule has 16 aliphatic carbocycles. The first-order valence-corrected chi connectivity index (χ1v) is 48.2. The van der Waals surface area contributed by atoms with E-state index in [2.05, 4.69) is 90.0 Å². The van der Waals surface area contributed by atoms with Crippen LogP contribution >= 0.6 is 0 Å². The van der Waals surface area contributed by atoms with E-state index in [0.717, 1.165) is 93.8 Å². The summed E-state index contributed by atoms with van der Waals surface area (Å²) in [6.45, 7) is 36.5. The molecule has 0 heterocycles. The lowest BCUT2D eigenvalue weighted by molar-refractivity contribution is -0.142. The maximum atomic E-state index is 15.5. The van der Waals surface area contributed by atoms with E-state index in [9.17, 15) is 34.5 Å². The fourth-order valence-electron chi connectivity index (χ4n) is 33.6. The summed E-state index contributed by atoms with van der Waals surface area (Å²) in [5.41, 5.74) is 3.64. The number of aliphatic hydroxyl groups excluding tert-OH is 1. The third kappa shape index (κ3) is 16.9. The third-order valence-electron chi connectivity index (χ3n) is 40.3. The van der Waals surface area contributed by atoms with Crippen LogP contribution in [0.25, 0.3) is 0 Å². The molecule has 12 fully saturated rings. The summed E-state index contributed by atoms with van der Waals surface area (Å²) in [7, 11) is 4.40. The normalized spacial score (nSPS) is 45.2. The van der Waals surface area contributed by atoms with Gasteiger partial charge in [0.1, 0.15) is 23.3 Å². The van der Waals surface area contributed by atoms with Crippen molar-refractivity contribution in [2.75, 3.05) is 21.3 Å². The Bertz CT molecular complexity index is 3640. The van der Waals surface area contributed by atoms with Gasteiger partial charge in [-0.25, -0.2) is 17.6 Å². The lowest BCUT2D eigenvalue weighted by Gasteiger charge is -2.59. The Hall–Kier alpha value is -3.36. The number of halogens is 4. The molecule has 662 valence electrons. The van der Waals surface area contributed by atoms with Gasteiger partial charge in [0.15, 0.2) is 0 Å². The Morgan fingerprint density at radius 2 is 0.735 bits per heavy atom. The van der Waals surface area contributed by atoms with E-state index in [-0.39, 0.29) is 85.6 Å². The summed E-state index contributed by atoms with van der Waals surface area (Å²) < 4.78 is 76.1. The third-order valence-corrected chi connectivity index (χ3v) is 40.3. The number of ether oxygens (including phenoxy) is 3. The van der Waals surface area contributed by atoms with Crippen LogP contribution in [0.15, 0.2) is 45.6 Å². The predicted octanol–water partition coefficient (Wildman–Crippen LogP) is 25.7. The van der Waals surface area contributed by atoms with Gasteiger partial charge in [0.25, 0.3) is 0 Å². The average molecular weight is 1640 g/mol. The molecule has 0 spiro atoms. The quantitative estimate of drug-likeness (QED) is 0.0772. The number of Topliss-reactive ketones (excluding diaryl/α,β-unsaturated/α-hetero) is 1. The zero-order valence-corrected chi connectivity index (χ0v) is 76.7. The number of fused-ring (bicyclic) bond motifs is 20. The Morgan fingerprint density at radius 3 is 1.10 bits per heavy atom. The summed E-state index contributed by atoms with van der Waals surface area (Å²) in [4.78, 5) is 46.9. The number of carbonyl (C=O) groups excluding carboxylic acids is 4. The Balaban J connectivity index is 0.000000135. The van der Waals surface area contributed by atoms with Crippen molar-refractivity contribution >= 4 is 23.7 Å². The number of allylic oxidation sites excluding steroid dienone is 6. The standard InChI is InChI=1S/C27H45FO2.C26H41FO2.C25H39FO3.C25H37FO3/c1-17(9-11-24(2,3)29)19-7-8-20-18-15-23(28)22-16-25(4,30)13-14-27(22,6)21(18)10-12-26(19,20)5;1-16-10-12-26(4)21-11-13-25(3)19(17(2)6-9-24(28)29-5)7-8-20(25)18(21)15-23(27)22(26)14-16;2*1-15(5-8-23(28)29-4)18-6-7-19-17-14-22(26)21-13-16(27)9-11-25(21,3)20(17)10-12-24(18,19)2/h17-21,29-30H,7-16H2,1-6H3;16-21H,6-15H2,1-5H3;15-20,27H,5-14H2,1-4H3;15,17-20H,5-14H2,1-4H3/t17-,18+,19-,20+,21+,25+,26-,27-;16-,17-,18+,19-,20+,21+,25-,26-;15-,16-,17+,18-,19+,20+,24-,25-;15-,17+,18-,19+,20+,24-,25-/m1111/s1. The van der Waals surface area contributed by atoms with E-state index >= 15 is 17.6 Å². The van der Waals surface area contributed by atoms with Gasteiger partial charge in [0, 0.05) is 64.2 Å². The van der Waals surface area contributed by atoms with Crippen molar-refractivity contribution in [3.63, 3.8) is 0 Å². The molecule has 31 atom stereocenters. The summed E-state index contributed by atoms with van der Waals surface area (Å²) in [5.74, 6) is 12.3. The highest BCUT2D eigenvalue weighted by molar-refractivity contribution is 5.83. The fourth-order valence-corrected chi connectivity index (χ4v) is 33.6. The van der Waals surface area contributed by atoms with Crippen molar-refractivity contribution in [1.29, 1.82) is 0 Å². The van der Waals surface area contributed by atoms with Crippen LogP contribution in [-0.4, -0.2) is 77.6 Å². The van der Waals surface area contributed by atoms with Crippen LogP contribution in [0, 0.1) is 168 Å². The highest BCUT2D eigenvalue weighted by atomic mass is 19.1. The molecule has 0 unspecified atom stereocenters. The van der Waals surface area contributed by atoms with E-state index in [0.29, 0.717) is 206 Å².